The highest BCUT2D eigenvalue weighted by atomic mass is 79.9. The minimum absolute atomic E-state index is 0.123. The molecule has 0 unspecified atom stereocenters. The van der Waals surface area contributed by atoms with Gasteiger partial charge in [0, 0.05) is 17.7 Å². The molecule has 0 aliphatic rings. The van der Waals surface area contributed by atoms with Crippen molar-refractivity contribution in [1.82, 2.24) is 0 Å². The fraction of sp³-hybridized carbons (Fsp3) is 0.500. The Kier molecular flexibility index (Phi) is 6.45. The molecule has 0 fully saturated rings. The van der Waals surface area contributed by atoms with Gasteiger partial charge in [0.2, 0.25) is 0 Å². The Bertz CT molecular complexity index is 315. The molecule has 90 valence electrons. The monoisotopic (exact) mass is 288 g/mol. The number of ether oxygens (including phenoxy) is 2. The lowest BCUT2D eigenvalue weighted by molar-refractivity contribution is 0.109. The van der Waals surface area contributed by atoms with Crippen molar-refractivity contribution in [2.75, 3.05) is 26.4 Å². The average molecular weight is 289 g/mol. The molecule has 0 spiro atoms. The molecular weight excluding hydrogens is 272 g/mol. The third-order valence-electron chi connectivity index (χ3n) is 2.09. The first-order valence-electron chi connectivity index (χ1n) is 5.37. The molecular formula is C12H17BrO3. The van der Waals surface area contributed by atoms with Gasteiger partial charge in [0.05, 0.1) is 6.61 Å². The molecule has 4 heteroatoms. The summed E-state index contributed by atoms with van der Waals surface area (Å²) in [6, 6.07) is 5.80. The van der Waals surface area contributed by atoms with Crippen LogP contribution in [0.25, 0.3) is 0 Å². The molecule has 0 aliphatic carbocycles. The Labute approximate surface area is 105 Å². The molecule has 0 saturated heterocycles. The molecule has 0 bridgehead atoms. The van der Waals surface area contributed by atoms with E-state index in [1.54, 1.807) is 0 Å². The van der Waals surface area contributed by atoms with Gasteiger partial charge in [0.1, 0.15) is 12.4 Å². The average Bonchev–Trinajstić information content (AvgIpc) is 2.27. The van der Waals surface area contributed by atoms with Crippen LogP contribution in [0.3, 0.4) is 0 Å². The second kappa shape index (κ2) is 7.65. The zero-order chi connectivity index (χ0) is 11.8. The van der Waals surface area contributed by atoms with Crippen LogP contribution < -0.4 is 4.74 Å². The van der Waals surface area contributed by atoms with Crippen molar-refractivity contribution < 1.29 is 14.6 Å². The molecule has 1 aromatic carbocycles. The van der Waals surface area contributed by atoms with Gasteiger partial charge in [0.25, 0.3) is 0 Å². The Hall–Kier alpha value is -0.580. The Morgan fingerprint density at radius 2 is 2.12 bits per heavy atom. The van der Waals surface area contributed by atoms with E-state index in [1.165, 1.54) is 0 Å². The van der Waals surface area contributed by atoms with Crippen LogP contribution in [0, 0.1) is 0 Å². The van der Waals surface area contributed by atoms with Crippen LogP contribution in [-0.2, 0) is 11.2 Å². The van der Waals surface area contributed by atoms with E-state index in [1.807, 2.05) is 25.1 Å². The third kappa shape index (κ3) is 4.51. The summed E-state index contributed by atoms with van der Waals surface area (Å²) in [6.45, 7) is 3.90. The van der Waals surface area contributed by atoms with Crippen molar-refractivity contribution in [1.29, 1.82) is 0 Å². The highest BCUT2D eigenvalue weighted by molar-refractivity contribution is 9.10. The third-order valence-corrected chi connectivity index (χ3v) is 2.59. The molecule has 3 nitrogen and oxygen atoms in total. The van der Waals surface area contributed by atoms with Crippen molar-refractivity contribution in [3.8, 4) is 5.75 Å². The normalized spacial score (nSPS) is 10.4. The SMILES string of the molecule is CCOCCOc1ccc(Br)cc1CCO. The number of hydrogen-bond acceptors (Lipinski definition) is 3. The lowest BCUT2D eigenvalue weighted by Gasteiger charge is -2.11. The summed E-state index contributed by atoms with van der Waals surface area (Å²) in [7, 11) is 0. The molecule has 0 amide bonds. The van der Waals surface area contributed by atoms with Crippen molar-refractivity contribution in [3.05, 3.63) is 28.2 Å². The van der Waals surface area contributed by atoms with Crippen LogP contribution in [0.15, 0.2) is 22.7 Å². The molecule has 0 saturated carbocycles. The van der Waals surface area contributed by atoms with Crippen LogP contribution in [0.4, 0.5) is 0 Å². The lowest BCUT2D eigenvalue weighted by Crippen LogP contribution is -2.08. The molecule has 1 N–H and O–H groups in total. The summed E-state index contributed by atoms with van der Waals surface area (Å²) < 4.78 is 11.8. The molecule has 0 atom stereocenters. The first-order chi connectivity index (χ1) is 7.77. The van der Waals surface area contributed by atoms with Gasteiger partial charge in [-0.3, -0.25) is 0 Å². The number of aliphatic hydroxyl groups excluding tert-OH is 1. The first kappa shape index (κ1) is 13.5. The van der Waals surface area contributed by atoms with Crippen molar-refractivity contribution in [2.45, 2.75) is 13.3 Å². The van der Waals surface area contributed by atoms with Crippen LogP contribution in [0.1, 0.15) is 12.5 Å². The van der Waals surface area contributed by atoms with Crippen molar-refractivity contribution in [3.63, 3.8) is 0 Å². The number of hydrogen-bond donors (Lipinski definition) is 1. The second-order valence-electron chi connectivity index (χ2n) is 3.27. The molecule has 0 aliphatic heterocycles. The maximum absolute atomic E-state index is 8.95. The van der Waals surface area contributed by atoms with Gasteiger partial charge in [-0.05, 0) is 37.1 Å². The van der Waals surface area contributed by atoms with E-state index in [0.717, 1.165) is 15.8 Å². The van der Waals surface area contributed by atoms with Crippen molar-refractivity contribution >= 4 is 15.9 Å². The van der Waals surface area contributed by atoms with Crippen LogP contribution in [0.5, 0.6) is 5.75 Å². The van der Waals surface area contributed by atoms with Gasteiger partial charge in [-0.15, -0.1) is 0 Å². The summed E-state index contributed by atoms with van der Waals surface area (Å²) in [5, 5.41) is 8.95. The zero-order valence-electron chi connectivity index (χ0n) is 9.41. The summed E-state index contributed by atoms with van der Waals surface area (Å²) in [6.07, 6.45) is 0.601. The largest absolute Gasteiger partial charge is 0.491 e. The van der Waals surface area contributed by atoms with Crippen LogP contribution in [0.2, 0.25) is 0 Å². The maximum Gasteiger partial charge on any atom is 0.122 e. The van der Waals surface area contributed by atoms with Gasteiger partial charge in [-0.2, -0.15) is 0 Å². The molecule has 16 heavy (non-hydrogen) atoms. The fourth-order valence-electron chi connectivity index (χ4n) is 1.36. The standard InChI is InChI=1S/C12H17BrO3/c1-2-15-7-8-16-12-4-3-11(13)9-10(12)5-6-14/h3-4,9,14H,2,5-8H2,1H3. The van der Waals surface area contributed by atoms with Gasteiger partial charge >= 0.3 is 0 Å². The highest BCUT2D eigenvalue weighted by Crippen LogP contribution is 2.23. The van der Waals surface area contributed by atoms with Gasteiger partial charge < -0.3 is 14.6 Å². The molecule has 0 heterocycles. The maximum atomic E-state index is 8.95. The minimum Gasteiger partial charge on any atom is -0.491 e. The number of benzene rings is 1. The predicted octanol–water partition coefficient (Wildman–Crippen LogP) is 2.40. The Balaban J connectivity index is 2.56. The van der Waals surface area contributed by atoms with E-state index in [4.69, 9.17) is 14.6 Å². The highest BCUT2D eigenvalue weighted by Gasteiger charge is 2.04. The predicted molar refractivity (Wildman–Crippen MR) is 66.9 cm³/mol. The Morgan fingerprint density at radius 3 is 2.81 bits per heavy atom. The van der Waals surface area contributed by atoms with E-state index in [0.29, 0.717) is 26.2 Å². The quantitative estimate of drug-likeness (QED) is 0.783. The molecule has 0 radical (unpaired) electrons. The minimum atomic E-state index is 0.123. The first-order valence-corrected chi connectivity index (χ1v) is 6.17. The number of halogens is 1. The van der Waals surface area contributed by atoms with E-state index < -0.39 is 0 Å². The summed E-state index contributed by atoms with van der Waals surface area (Å²) in [4.78, 5) is 0. The van der Waals surface area contributed by atoms with Crippen LogP contribution in [-0.4, -0.2) is 31.5 Å². The number of aliphatic hydroxyl groups is 1. The lowest BCUT2D eigenvalue weighted by atomic mass is 10.1. The van der Waals surface area contributed by atoms with E-state index in [2.05, 4.69) is 15.9 Å². The summed E-state index contributed by atoms with van der Waals surface area (Å²) >= 11 is 3.40. The van der Waals surface area contributed by atoms with Crippen LogP contribution >= 0.6 is 15.9 Å². The van der Waals surface area contributed by atoms with E-state index in [-0.39, 0.29) is 6.61 Å². The number of rotatable bonds is 7. The molecule has 1 aromatic rings. The van der Waals surface area contributed by atoms with E-state index >= 15 is 0 Å². The van der Waals surface area contributed by atoms with Crippen molar-refractivity contribution in [2.24, 2.45) is 0 Å². The summed E-state index contributed by atoms with van der Waals surface area (Å²) in [5.74, 6) is 0.817. The topological polar surface area (TPSA) is 38.7 Å². The van der Waals surface area contributed by atoms with E-state index in [9.17, 15) is 0 Å². The zero-order valence-corrected chi connectivity index (χ0v) is 11.0. The Morgan fingerprint density at radius 1 is 1.31 bits per heavy atom. The van der Waals surface area contributed by atoms with Gasteiger partial charge in [-0.1, -0.05) is 15.9 Å². The fourth-order valence-corrected chi connectivity index (χ4v) is 1.77. The smallest absolute Gasteiger partial charge is 0.122 e. The van der Waals surface area contributed by atoms with Gasteiger partial charge in [0.15, 0.2) is 0 Å². The van der Waals surface area contributed by atoms with Gasteiger partial charge in [-0.25, -0.2) is 0 Å². The molecule has 1 rings (SSSR count). The summed E-state index contributed by atoms with van der Waals surface area (Å²) in [5.41, 5.74) is 1.01. The molecule has 0 aromatic heterocycles. The second-order valence-corrected chi connectivity index (χ2v) is 4.19.